The Labute approximate surface area is 226 Å². The molecule has 0 aromatic heterocycles. The van der Waals surface area contributed by atoms with Crippen molar-refractivity contribution in [3.05, 3.63) is 60.2 Å². The van der Waals surface area contributed by atoms with E-state index in [1.54, 1.807) is 12.1 Å². The molecule has 1 amide bonds. The van der Waals surface area contributed by atoms with Crippen LogP contribution in [0.3, 0.4) is 0 Å². The monoisotopic (exact) mass is 548 g/mol. The first-order valence-corrected chi connectivity index (χ1v) is 14.5. The Balaban J connectivity index is 1.79. The number of nitrogens with one attached hydrogen (secondary N) is 1. The fourth-order valence-electron chi connectivity index (χ4n) is 4.37. The van der Waals surface area contributed by atoms with Crippen molar-refractivity contribution < 1.29 is 32.5 Å². The fourth-order valence-corrected chi connectivity index (χ4v) is 5.99. The Morgan fingerprint density at radius 1 is 1.11 bits per heavy atom. The number of carbonyl (C=O) groups excluding carboxylic acids is 1. The number of methoxy groups -OCH3 is 1. The van der Waals surface area contributed by atoms with E-state index in [-0.39, 0.29) is 30.0 Å². The van der Waals surface area contributed by atoms with Gasteiger partial charge in [0.25, 0.3) is 0 Å². The molecule has 2 N–H and O–H groups in total. The average Bonchev–Trinajstić information content (AvgIpc) is 3.16. The first kappa shape index (κ1) is 29.9. The number of hydrogen-bond acceptors (Lipinski definition) is 7. The van der Waals surface area contributed by atoms with Gasteiger partial charge in [-0.15, -0.1) is 0 Å². The summed E-state index contributed by atoms with van der Waals surface area (Å²) in [6.45, 7) is 4.81. The molecule has 9 nitrogen and oxygen atoms in total. The van der Waals surface area contributed by atoms with Crippen LogP contribution in [0.25, 0.3) is 0 Å². The third kappa shape index (κ3) is 8.97. The van der Waals surface area contributed by atoms with Crippen molar-refractivity contribution >= 4 is 16.1 Å². The standard InChI is InChI=1S/C28H40N2O7S/c1-21(2)18-30(38(33,34)25-14-12-23(35-3)13-15-25)19-27(31)26(17-22-9-5-4-6-10-22)29-28(32)37-24-11-7-8-16-36-20-24/h4-6,9-10,12-15,21,24,26-27,31H,7-8,11,16-20H2,1-3H3,(H,29,32)/t24-,26?,27?/m1/s1. The minimum Gasteiger partial charge on any atom is -0.497 e. The van der Waals surface area contributed by atoms with E-state index in [0.717, 1.165) is 18.4 Å². The van der Waals surface area contributed by atoms with E-state index in [9.17, 15) is 18.3 Å². The lowest BCUT2D eigenvalue weighted by Gasteiger charge is -2.31. The van der Waals surface area contributed by atoms with Crippen LogP contribution >= 0.6 is 0 Å². The van der Waals surface area contributed by atoms with Gasteiger partial charge in [-0.2, -0.15) is 4.31 Å². The van der Waals surface area contributed by atoms with Gasteiger partial charge < -0.3 is 24.6 Å². The van der Waals surface area contributed by atoms with Gasteiger partial charge in [0.05, 0.1) is 30.8 Å². The van der Waals surface area contributed by atoms with Gasteiger partial charge in [-0.3, -0.25) is 0 Å². The molecule has 1 saturated heterocycles. The molecule has 3 rings (SSSR count). The van der Waals surface area contributed by atoms with Gasteiger partial charge in [-0.05, 0) is 61.4 Å². The number of benzene rings is 2. The number of ether oxygens (including phenoxy) is 3. The number of sulfonamides is 1. The van der Waals surface area contributed by atoms with Gasteiger partial charge in [-0.25, -0.2) is 13.2 Å². The van der Waals surface area contributed by atoms with Crippen LogP contribution in [0.5, 0.6) is 5.75 Å². The smallest absolute Gasteiger partial charge is 0.407 e. The van der Waals surface area contributed by atoms with Crippen LogP contribution in [-0.2, 0) is 25.9 Å². The van der Waals surface area contributed by atoms with Gasteiger partial charge >= 0.3 is 6.09 Å². The fraction of sp³-hybridized carbons (Fsp3) is 0.536. The topological polar surface area (TPSA) is 114 Å². The van der Waals surface area contributed by atoms with Crippen LogP contribution in [0, 0.1) is 5.92 Å². The van der Waals surface area contributed by atoms with Crippen molar-refractivity contribution in [1.29, 1.82) is 0 Å². The zero-order valence-electron chi connectivity index (χ0n) is 22.4. The summed E-state index contributed by atoms with van der Waals surface area (Å²) in [6, 6.07) is 14.8. The summed E-state index contributed by atoms with van der Waals surface area (Å²) in [5.41, 5.74) is 0.892. The molecule has 38 heavy (non-hydrogen) atoms. The maximum Gasteiger partial charge on any atom is 0.407 e. The number of carbonyl (C=O) groups is 1. The number of aliphatic hydroxyl groups excluding tert-OH is 1. The molecule has 1 heterocycles. The Morgan fingerprint density at radius 2 is 1.82 bits per heavy atom. The van der Waals surface area contributed by atoms with Crippen molar-refractivity contribution in [2.24, 2.45) is 5.92 Å². The van der Waals surface area contributed by atoms with Crippen LogP contribution < -0.4 is 10.1 Å². The summed E-state index contributed by atoms with van der Waals surface area (Å²) < 4.78 is 44.6. The third-order valence-corrected chi connectivity index (χ3v) is 8.21. The quantitative estimate of drug-likeness (QED) is 0.416. The predicted molar refractivity (Wildman–Crippen MR) is 145 cm³/mol. The molecule has 0 radical (unpaired) electrons. The van der Waals surface area contributed by atoms with Crippen LogP contribution in [0.4, 0.5) is 4.79 Å². The minimum atomic E-state index is -3.92. The Bertz CT molecular complexity index is 1090. The molecule has 0 spiro atoms. The number of aliphatic hydroxyl groups is 1. The molecule has 0 aliphatic carbocycles. The van der Waals surface area contributed by atoms with E-state index >= 15 is 0 Å². The number of alkyl carbamates (subject to hydrolysis) is 1. The number of hydrogen-bond donors (Lipinski definition) is 2. The molecule has 2 unspecified atom stereocenters. The zero-order chi connectivity index (χ0) is 27.5. The van der Waals surface area contributed by atoms with E-state index < -0.39 is 28.3 Å². The van der Waals surface area contributed by atoms with E-state index in [4.69, 9.17) is 14.2 Å². The molecule has 1 aliphatic heterocycles. The van der Waals surface area contributed by atoms with Crippen molar-refractivity contribution in [3.63, 3.8) is 0 Å². The molecule has 1 fully saturated rings. The minimum absolute atomic E-state index is 0.0101. The van der Waals surface area contributed by atoms with Crippen molar-refractivity contribution in [1.82, 2.24) is 9.62 Å². The second-order valence-corrected chi connectivity index (χ2v) is 11.9. The lowest BCUT2D eigenvalue weighted by atomic mass is 10.0. The number of rotatable bonds is 12. The van der Waals surface area contributed by atoms with Gasteiger partial charge in [0.15, 0.2) is 0 Å². The van der Waals surface area contributed by atoms with Gasteiger partial charge in [-0.1, -0.05) is 44.2 Å². The molecular formula is C28H40N2O7S. The molecule has 2 aromatic rings. The summed E-state index contributed by atoms with van der Waals surface area (Å²) in [7, 11) is -2.41. The molecule has 210 valence electrons. The van der Waals surface area contributed by atoms with Gasteiger partial charge in [0.2, 0.25) is 10.0 Å². The Kier molecular flexibility index (Phi) is 11.4. The molecule has 0 bridgehead atoms. The average molecular weight is 549 g/mol. The molecule has 1 aliphatic rings. The highest BCUT2D eigenvalue weighted by atomic mass is 32.2. The van der Waals surface area contributed by atoms with Crippen molar-refractivity contribution in [2.75, 3.05) is 33.4 Å². The van der Waals surface area contributed by atoms with E-state index in [0.29, 0.717) is 31.8 Å². The van der Waals surface area contributed by atoms with Crippen LogP contribution in [0.1, 0.15) is 38.7 Å². The first-order valence-electron chi connectivity index (χ1n) is 13.1. The molecule has 3 atom stereocenters. The van der Waals surface area contributed by atoms with E-state index in [2.05, 4.69) is 5.32 Å². The second kappa shape index (κ2) is 14.5. The second-order valence-electron chi connectivity index (χ2n) is 10.00. The van der Waals surface area contributed by atoms with Crippen molar-refractivity contribution in [3.8, 4) is 5.75 Å². The van der Waals surface area contributed by atoms with E-state index in [1.165, 1.54) is 23.5 Å². The summed E-state index contributed by atoms with van der Waals surface area (Å²) >= 11 is 0. The normalized spacial score (nSPS) is 18.0. The SMILES string of the molecule is COc1ccc(S(=O)(=O)N(CC(C)C)CC(O)C(Cc2ccccc2)NC(=O)O[C@@H]2CCCCOC2)cc1. The highest BCUT2D eigenvalue weighted by Gasteiger charge is 2.32. The lowest BCUT2D eigenvalue weighted by Crippen LogP contribution is -2.51. The van der Waals surface area contributed by atoms with Crippen LogP contribution in [0.2, 0.25) is 0 Å². The summed E-state index contributed by atoms with van der Waals surface area (Å²) in [4.78, 5) is 12.9. The van der Waals surface area contributed by atoms with Crippen molar-refractivity contribution in [2.45, 2.75) is 62.7 Å². The van der Waals surface area contributed by atoms with Gasteiger partial charge in [0, 0.05) is 19.7 Å². The summed E-state index contributed by atoms with van der Waals surface area (Å²) in [6.07, 6.45) is 0.624. The zero-order valence-corrected chi connectivity index (χ0v) is 23.2. The summed E-state index contributed by atoms with van der Waals surface area (Å²) in [5.74, 6) is 0.556. The Morgan fingerprint density at radius 3 is 2.47 bits per heavy atom. The maximum absolute atomic E-state index is 13.5. The number of amides is 1. The predicted octanol–water partition coefficient (Wildman–Crippen LogP) is 3.61. The van der Waals surface area contributed by atoms with Gasteiger partial charge in [0.1, 0.15) is 11.9 Å². The van der Waals surface area contributed by atoms with E-state index in [1.807, 2.05) is 44.2 Å². The summed E-state index contributed by atoms with van der Waals surface area (Å²) in [5, 5.41) is 14.1. The lowest BCUT2D eigenvalue weighted by molar-refractivity contribution is 0.0248. The highest BCUT2D eigenvalue weighted by Crippen LogP contribution is 2.22. The molecule has 10 heteroatoms. The number of nitrogens with zero attached hydrogens (tertiary/aromatic N) is 1. The first-order chi connectivity index (χ1) is 18.2. The van der Waals surface area contributed by atoms with Crippen LogP contribution in [0.15, 0.2) is 59.5 Å². The highest BCUT2D eigenvalue weighted by molar-refractivity contribution is 7.89. The Hall–Kier alpha value is -2.66. The maximum atomic E-state index is 13.5. The molecule has 0 saturated carbocycles. The van der Waals surface area contributed by atoms with Crippen LogP contribution in [-0.4, -0.2) is 75.6 Å². The molecular weight excluding hydrogens is 508 g/mol. The third-order valence-electron chi connectivity index (χ3n) is 6.37. The molecule has 2 aromatic carbocycles. The largest absolute Gasteiger partial charge is 0.497 e.